The summed E-state index contributed by atoms with van der Waals surface area (Å²) in [6, 6.07) is 15.6. The molecule has 0 spiro atoms. The monoisotopic (exact) mass is 326 g/mol. The van der Waals surface area contributed by atoms with E-state index in [4.69, 9.17) is 0 Å². The standard InChI is InChI=1S/C16H11BrN2O/c17-15-10-14(7-6-13(15)11-20)19-9-8-18-16(19)12-4-2-1-3-5-12/h1-11H. The van der Waals surface area contributed by atoms with E-state index < -0.39 is 0 Å². The molecule has 0 atom stereocenters. The van der Waals surface area contributed by atoms with Crippen molar-refractivity contribution in [3.63, 3.8) is 0 Å². The predicted molar refractivity (Wildman–Crippen MR) is 82.1 cm³/mol. The molecule has 0 aliphatic carbocycles. The van der Waals surface area contributed by atoms with Crippen LogP contribution in [0.15, 0.2) is 65.4 Å². The number of hydrogen-bond acceptors (Lipinski definition) is 2. The number of aromatic nitrogens is 2. The molecule has 0 aliphatic heterocycles. The molecule has 0 aliphatic rings. The van der Waals surface area contributed by atoms with Gasteiger partial charge in [0.05, 0.1) is 0 Å². The number of halogens is 1. The number of rotatable bonds is 3. The number of carbonyl (C=O) groups excluding carboxylic acids is 1. The highest BCUT2D eigenvalue weighted by molar-refractivity contribution is 9.10. The summed E-state index contributed by atoms with van der Waals surface area (Å²) in [5.41, 5.74) is 2.64. The largest absolute Gasteiger partial charge is 0.300 e. The third kappa shape index (κ3) is 2.30. The molecule has 3 aromatic rings. The normalized spacial score (nSPS) is 10.4. The Morgan fingerprint density at radius 1 is 1.10 bits per heavy atom. The smallest absolute Gasteiger partial charge is 0.151 e. The summed E-state index contributed by atoms with van der Waals surface area (Å²) < 4.78 is 2.77. The van der Waals surface area contributed by atoms with Gasteiger partial charge in [-0.25, -0.2) is 4.98 Å². The second-order valence-corrected chi connectivity index (χ2v) is 5.16. The van der Waals surface area contributed by atoms with Crippen molar-refractivity contribution in [3.05, 3.63) is 71.0 Å². The first kappa shape index (κ1) is 12.8. The lowest BCUT2D eigenvalue weighted by Crippen LogP contribution is -1.97. The van der Waals surface area contributed by atoms with Gasteiger partial charge in [0, 0.05) is 33.7 Å². The molecule has 0 radical (unpaired) electrons. The van der Waals surface area contributed by atoms with Crippen LogP contribution >= 0.6 is 15.9 Å². The van der Waals surface area contributed by atoms with Crippen LogP contribution in [0.3, 0.4) is 0 Å². The van der Waals surface area contributed by atoms with Crippen molar-refractivity contribution in [2.75, 3.05) is 0 Å². The molecule has 2 aromatic carbocycles. The molecular weight excluding hydrogens is 316 g/mol. The summed E-state index contributed by atoms with van der Waals surface area (Å²) in [5, 5.41) is 0. The molecular formula is C16H11BrN2O. The van der Waals surface area contributed by atoms with E-state index in [2.05, 4.69) is 20.9 Å². The highest BCUT2D eigenvalue weighted by atomic mass is 79.9. The first-order valence-corrected chi connectivity index (χ1v) is 6.93. The van der Waals surface area contributed by atoms with Gasteiger partial charge >= 0.3 is 0 Å². The van der Waals surface area contributed by atoms with Gasteiger partial charge < -0.3 is 0 Å². The van der Waals surface area contributed by atoms with Crippen molar-refractivity contribution >= 4 is 22.2 Å². The van der Waals surface area contributed by atoms with Gasteiger partial charge in [-0.15, -0.1) is 0 Å². The van der Waals surface area contributed by atoms with E-state index in [0.717, 1.165) is 27.8 Å². The van der Waals surface area contributed by atoms with Crippen molar-refractivity contribution < 1.29 is 4.79 Å². The van der Waals surface area contributed by atoms with Crippen LogP contribution in [0.5, 0.6) is 0 Å². The number of aldehydes is 1. The second-order valence-electron chi connectivity index (χ2n) is 4.31. The number of carbonyl (C=O) groups is 1. The number of hydrogen-bond donors (Lipinski definition) is 0. The van der Waals surface area contributed by atoms with Crippen LogP contribution in [0.1, 0.15) is 10.4 Å². The molecule has 1 heterocycles. The van der Waals surface area contributed by atoms with Gasteiger partial charge in [-0.2, -0.15) is 0 Å². The maximum Gasteiger partial charge on any atom is 0.151 e. The van der Waals surface area contributed by atoms with E-state index in [-0.39, 0.29) is 0 Å². The molecule has 3 rings (SSSR count). The van der Waals surface area contributed by atoms with Crippen molar-refractivity contribution in [1.82, 2.24) is 9.55 Å². The lowest BCUT2D eigenvalue weighted by atomic mass is 10.2. The average Bonchev–Trinajstić information content (AvgIpc) is 2.97. The molecule has 0 unspecified atom stereocenters. The van der Waals surface area contributed by atoms with Gasteiger partial charge in [-0.3, -0.25) is 9.36 Å². The Morgan fingerprint density at radius 3 is 2.60 bits per heavy atom. The molecule has 0 N–H and O–H groups in total. The zero-order valence-corrected chi connectivity index (χ0v) is 12.1. The van der Waals surface area contributed by atoms with E-state index >= 15 is 0 Å². The Hall–Kier alpha value is -2.20. The topological polar surface area (TPSA) is 34.9 Å². The minimum absolute atomic E-state index is 0.634. The van der Waals surface area contributed by atoms with E-state index in [1.165, 1.54) is 0 Å². The molecule has 0 bridgehead atoms. The zero-order valence-electron chi connectivity index (χ0n) is 10.5. The Kier molecular flexibility index (Phi) is 3.48. The summed E-state index contributed by atoms with van der Waals surface area (Å²) in [6.07, 6.45) is 4.51. The minimum atomic E-state index is 0.634. The fourth-order valence-corrected chi connectivity index (χ4v) is 2.53. The van der Waals surface area contributed by atoms with Gasteiger partial charge in [-0.1, -0.05) is 30.3 Å². The molecule has 0 saturated carbocycles. The summed E-state index contributed by atoms with van der Waals surface area (Å²) in [5.74, 6) is 0.872. The van der Waals surface area contributed by atoms with E-state index in [1.807, 2.05) is 53.2 Å². The maximum absolute atomic E-state index is 10.9. The lowest BCUT2D eigenvalue weighted by molar-refractivity contribution is 0.112. The Balaban J connectivity index is 2.10. The van der Waals surface area contributed by atoms with Gasteiger partial charge in [0.15, 0.2) is 6.29 Å². The first-order valence-electron chi connectivity index (χ1n) is 6.13. The van der Waals surface area contributed by atoms with Crippen LogP contribution in [-0.4, -0.2) is 15.8 Å². The molecule has 1 aromatic heterocycles. The summed E-state index contributed by atoms with van der Waals surface area (Å²) >= 11 is 3.41. The van der Waals surface area contributed by atoms with Crippen molar-refractivity contribution in [3.8, 4) is 17.1 Å². The van der Waals surface area contributed by atoms with Crippen LogP contribution < -0.4 is 0 Å². The molecule has 0 fully saturated rings. The third-order valence-corrected chi connectivity index (χ3v) is 3.75. The third-order valence-electron chi connectivity index (χ3n) is 3.06. The fraction of sp³-hybridized carbons (Fsp3) is 0. The number of imidazole rings is 1. The summed E-state index contributed by atoms with van der Waals surface area (Å²) in [6.45, 7) is 0. The van der Waals surface area contributed by atoms with E-state index in [9.17, 15) is 4.79 Å². The number of nitrogens with zero attached hydrogens (tertiary/aromatic N) is 2. The molecule has 0 saturated heterocycles. The highest BCUT2D eigenvalue weighted by Crippen LogP contribution is 2.24. The maximum atomic E-state index is 10.9. The van der Waals surface area contributed by atoms with Crippen LogP contribution in [0.2, 0.25) is 0 Å². The van der Waals surface area contributed by atoms with E-state index in [0.29, 0.717) is 5.56 Å². The van der Waals surface area contributed by atoms with Gasteiger partial charge in [0.25, 0.3) is 0 Å². The first-order chi connectivity index (χ1) is 9.79. The SMILES string of the molecule is O=Cc1ccc(-n2ccnc2-c2ccccc2)cc1Br. The zero-order chi connectivity index (χ0) is 13.9. The quantitative estimate of drug-likeness (QED) is 0.679. The fourth-order valence-electron chi connectivity index (χ4n) is 2.07. The van der Waals surface area contributed by atoms with Crippen LogP contribution in [0, 0.1) is 0 Å². The van der Waals surface area contributed by atoms with Gasteiger partial charge in [0.2, 0.25) is 0 Å². The van der Waals surface area contributed by atoms with Crippen LogP contribution in [0.25, 0.3) is 17.1 Å². The number of benzene rings is 2. The summed E-state index contributed by atoms with van der Waals surface area (Å²) in [4.78, 5) is 15.3. The van der Waals surface area contributed by atoms with Crippen LogP contribution in [0.4, 0.5) is 0 Å². The second kappa shape index (κ2) is 5.43. The van der Waals surface area contributed by atoms with Crippen LogP contribution in [-0.2, 0) is 0 Å². The lowest BCUT2D eigenvalue weighted by Gasteiger charge is -2.09. The average molecular weight is 327 g/mol. The molecule has 4 heteroatoms. The minimum Gasteiger partial charge on any atom is -0.300 e. The van der Waals surface area contributed by atoms with Crippen molar-refractivity contribution in [2.45, 2.75) is 0 Å². The Morgan fingerprint density at radius 2 is 1.90 bits per heavy atom. The molecule has 0 amide bonds. The molecule has 98 valence electrons. The van der Waals surface area contributed by atoms with E-state index in [1.54, 1.807) is 12.3 Å². The molecule has 20 heavy (non-hydrogen) atoms. The summed E-state index contributed by atoms with van der Waals surface area (Å²) in [7, 11) is 0. The van der Waals surface area contributed by atoms with Crippen molar-refractivity contribution in [1.29, 1.82) is 0 Å². The van der Waals surface area contributed by atoms with Crippen molar-refractivity contribution in [2.24, 2.45) is 0 Å². The van der Waals surface area contributed by atoms with Gasteiger partial charge in [-0.05, 0) is 34.1 Å². The van der Waals surface area contributed by atoms with Gasteiger partial charge in [0.1, 0.15) is 5.82 Å². The predicted octanol–water partition coefficient (Wildman–Crippen LogP) is 4.11. The Labute approximate surface area is 125 Å². The highest BCUT2D eigenvalue weighted by Gasteiger charge is 2.08. The molecule has 3 nitrogen and oxygen atoms in total. The Bertz CT molecular complexity index is 750.